The Balaban J connectivity index is 2.30. The first-order chi connectivity index (χ1) is 11.3. The smallest absolute Gasteiger partial charge is 0.309 e. The van der Waals surface area contributed by atoms with Gasteiger partial charge in [0.05, 0.1) is 12.1 Å². The van der Waals surface area contributed by atoms with Crippen LogP contribution in [0.1, 0.15) is 39.1 Å². The second-order valence-electron chi connectivity index (χ2n) is 6.95. The van der Waals surface area contributed by atoms with E-state index in [0.717, 1.165) is 17.1 Å². The number of benzene rings is 1. The Kier molecular flexibility index (Phi) is 4.22. The summed E-state index contributed by atoms with van der Waals surface area (Å²) in [7, 11) is 0. The van der Waals surface area contributed by atoms with Gasteiger partial charge in [-0.1, -0.05) is 39.0 Å². The van der Waals surface area contributed by atoms with Gasteiger partial charge in [0.15, 0.2) is 0 Å². The van der Waals surface area contributed by atoms with Gasteiger partial charge in [0, 0.05) is 39.5 Å². The molecule has 3 rings (SSSR count). The highest BCUT2D eigenvalue weighted by Gasteiger charge is 2.28. The number of carboxylic acid groups (broad SMARTS) is 1. The van der Waals surface area contributed by atoms with Crippen LogP contribution in [0.15, 0.2) is 29.6 Å². The van der Waals surface area contributed by atoms with E-state index >= 15 is 0 Å². The van der Waals surface area contributed by atoms with E-state index in [-0.39, 0.29) is 11.8 Å². The fourth-order valence-corrected chi connectivity index (χ4v) is 4.16. The lowest BCUT2D eigenvalue weighted by Crippen LogP contribution is -2.18. The molecule has 0 unspecified atom stereocenters. The average Bonchev–Trinajstić information content (AvgIpc) is 3.07. The van der Waals surface area contributed by atoms with Gasteiger partial charge in [-0.3, -0.25) is 4.79 Å². The van der Waals surface area contributed by atoms with Gasteiger partial charge in [0.1, 0.15) is 5.01 Å². The number of fused-ring (bicyclic) bond motifs is 1. The van der Waals surface area contributed by atoms with Crippen molar-refractivity contribution in [1.29, 1.82) is 0 Å². The summed E-state index contributed by atoms with van der Waals surface area (Å²) in [5, 5.41) is 12.9. The van der Waals surface area contributed by atoms with E-state index in [0.29, 0.717) is 5.69 Å². The molecule has 0 aliphatic heterocycles. The van der Waals surface area contributed by atoms with Crippen LogP contribution in [0.4, 0.5) is 0 Å². The average molecular weight is 342 g/mol. The highest BCUT2D eigenvalue weighted by molar-refractivity contribution is 7.13. The number of thiazole rings is 1. The molecule has 0 saturated carbocycles. The molecule has 5 heteroatoms. The Morgan fingerprint density at radius 1 is 1.29 bits per heavy atom. The highest BCUT2D eigenvalue weighted by atomic mass is 32.1. The lowest BCUT2D eigenvalue weighted by Gasteiger charge is -2.23. The molecule has 0 aliphatic rings. The van der Waals surface area contributed by atoms with Gasteiger partial charge in [-0.25, -0.2) is 4.98 Å². The molecular formula is C19H22N2O2S. The van der Waals surface area contributed by atoms with Gasteiger partial charge in [-0.05, 0) is 13.0 Å². The highest BCUT2D eigenvalue weighted by Crippen LogP contribution is 2.42. The van der Waals surface area contributed by atoms with Crippen LogP contribution >= 0.6 is 11.3 Å². The summed E-state index contributed by atoms with van der Waals surface area (Å²) in [6, 6.07) is 8.38. The van der Waals surface area contributed by atoms with Crippen LogP contribution in [0, 0.1) is 0 Å². The van der Waals surface area contributed by atoms with Crippen LogP contribution in [0.5, 0.6) is 0 Å². The number of aryl methyl sites for hydroxylation is 1. The Bertz CT molecular complexity index is 900. The molecule has 1 aromatic carbocycles. The zero-order chi connectivity index (χ0) is 17.5. The van der Waals surface area contributed by atoms with Gasteiger partial charge < -0.3 is 9.67 Å². The maximum absolute atomic E-state index is 11.0. The van der Waals surface area contributed by atoms with Crippen LogP contribution in [0.25, 0.3) is 21.5 Å². The summed E-state index contributed by atoms with van der Waals surface area (Å²) >= 11 is 1.53. The fourth-order valence-electron chi connectivity index (χ4n) is 3.29. The Hall–Kier alpha value is -2.14. The molecule has 0 atom stereocenters. The van der Waals surface area contributed by atoms with Gasteiger partial charge in [-0.15, -0.1) is 11.3 Å². The first-order valence-electron chi connectivity index (χ1n) is 8.11. The van der Waals surface area contributed by atoms with Crippen molar-refractivity contribution in [2.45, 2.75) is 46.1 Å². The van der Waals surface area contributed by atoms with Crippen molar-refractivity contribution in [2.75, 3.05) is 0 Å². The minimum Gasteiger partial charge on any atom is -0.481 e. The third-order valence-corrected chi connectivity index (χ3v) is 5.00. The van der Waals surface area contributed by atoms with Gasteiger partial charge in [-0.2, -0.15) is 0 Å². The van der Waals surface area contributed by atoms with Crippen LogP contribution in [0.3, 0.4) is 0 Å². The van der Waals surface area contributed by atoms with E-state index in [4.69, 9.17) is 5.11 Å². The van der Waals surface area contributed by atoms with Crippen molar-refractivity contribution in [3.05, 3.63) is 41.0 Å². The number of hydrogen-bond donors (Lipinski definition) is 1. The first-order valence-corrected chi connectivity index (χ1v) is 8.99. The Labute approximate surface area is 145 Å². The summed E-state index contributed by atoms with van der Waals surface area (Å²) in [4.78, 5) is 15.6. The van der Waals surface area contributed by atoms with E-state index in [1.54, 1.807) is 0 Å². The molecule has 0 aliphatic carbocycles. The van der Waals surface area contributed by atoms with Crippen molar-refractivity contribution in [2.24, 2.45) is 0 Å². The second-order valence-corrected chi connectivity index (χ2v) is 7.81. The van der Waals surface area contributed by atoms with E-state index in [1.165, 1.54) is 27.9 Å². The predicted molar refractivity (Wildman–Crippen MR) is 98.8 cm³/mol. The molecule has 0 amide bonds. The molecule has 0 fully saturated rings. The number of hydrogen-bond acceptors (Lipinski definition) is 3. The number of carbonyl (C=O) groups is 1. The van der Waals surface area contributed by atoms with Gasteiger partial charge in [0.2, 0.25) is 0 Å². The molecule has 0 bridgehead atoms. The normalized spacial score (nSPS) is 12.0. The largest absolute Gasteiger partial charge is 0.481 e. The zero-order valence-electron chi connectivity index (χ0n) is 14.5. The molecule has 1 N–H and O–H groups in total. The van der Waals surface area contributed by atoms with E-state index in [9.17, 15) is 4.79 Å². The number of aliphatic carboxylic acids is 1. The van der Waals surface area contributed by atoms with E-state index in [2.05, 4.69) is 55.4 Å². The van der Waals surface area contributed by atoms with Crippen molar-refractivity contribution in [3.63, 3.8) is 0 Å². The van der Waals surface area contributed by atoms with Crippen molar-refractivity contribution in [1.82, 2.24) is 9.55 Å². The van der Waals surface area contributed by atoms with Crippen molar-refractivity contribution in [3.8, 4) is 10.6 Å². The second kappa shape index (κ2) is 6.06. The van der Waals surface area contributed by atoms with Gasteiger partial charge in [0.25, 0.3) is 0 Å². The Morgan fingerprint density at radius 2 is 2.00 bits per heavy atom. The maximum Gasteiger partial charge on any atom is 0.309 e. The maximum atomic E-state index is 11.0. The Morgan fingerprint density at radius 3 is 2.62 bits per heavy atom. The molecule has 0 saturated heterocycles. The molecule has 2 aromatic heterocycles. The number of para-hydroxylation sites is 1. The number of aromatic nitrogens is 2. The number of nitrogens with zero attached hydrogens (tertiary/aromatic N) is 2. The monoisotopic (exact) mass is 342 g/mol. The van der Waals surface area contributed by atoms with Crippen molar-refractivity contribution >= 4 is 28.2 Å². The molecule has 126 valence electrons. The molecule has 2 heterocycles. The molecule has 0 spiro atoms. The van der Waals surface area contributed by atoms with Crippen LogP contribution in [-0.2, 0) is 23.2 Å². The summed E-state index contributed by atoms with van der Waals surface area (Å²) in [6.07, 6.45) is -0.0340. The van der Waals surface area contributed by atoms with E-state index in [1.807, 2.05) is 11.4 Å². The summed E-state index contributed by atoms with van der Waals surface area (Å²) in [6.45, 7) is 9.68. The van der Waals surface area contributed by atoms with Crippen LogP contribution < -0.4 is 0 Å². The standard InChI is InChI=1S/C19H22N2O2S/c1-5-21-14-9-7-6-8-13(14)16(17(21)19(2,3)4)18-20-12(11-24-18)10-15(22)23/h6-9,11H,5,10H2,1-4H3,(H,22,23). The molecule has 0 radical (unpaired) electrons. The third kappa shape index (κ3) is 2.84. The first kappa shape index (κ1) is 16.7. The number of rotatable bonds is 4. The molecule has 4 nitrogen and oxygen atoms in total. The summed E-state index contributed by atoms with van der Waals surface area (Å²) < 4.78 is 2.35. The molecule has 3 aromatic rings. The fraction of sp³-hybridized carbons (Fsp3) is 0.368. The van der Waals surface area contributed by atoms with Gasteiger partial charge >= 0.3 is 5.97 Å². The lowest BCUT2D eigenvalue weighted by atomic mass is 9.88. The van der Waals surface area contributed by atoms with Crippen LogP contribution in [0.2, 0.25) is 0 Å². The minimum absolute atomic E-state index is 0.0340. The van der Waals surface area contributed by atoms with E-state index < -0.39 is 5.97 Å². The zero-order valence-corrected chi connectivity index (χ0v) is 15.3. The lowest BCUT2D eigenvalue weighted by molar-refractivity contribution is -0.136. The molecule has 24 heavy (non-hydrogen) atoms. The quantitative estimate of drug-likeness (QED) is 0.747. The molecular weight excluding hydrogens is 320 g/mol. The third-order valence-electron chi connectivity index (χ3n) is 4.10. The summed E-state index contributed by atoms with van der Waals surface area (Å²) in [5.74, 6) is -0.848. The topological polar surface area (TPSA) is 55.1 Å². The van der Waals surface area contributed by atoms with Crippen LogP contribution in [-0.4, -0.2) is 20.6 Å². The predicted octanol–water partition coefficient (Wildman–Crippen LogP) is 4.71. The number of carboxylic acids is 1. The minimum atomic E-state index is -0.848. The van der Waals surface area contributed by atoms with Crippen molar-refractivity contribution < 1.29 is 9.90 Å². The SMILES string of the molecule is CCn1c(C(C)(C)C)c(-c2nc(CC(=O)O)cs2)c2ccccc21. The summed E-state index contributed by atoms with van der Waals surface area (Å²) in [5.41, 5.74) is 4.18.